The van der Waals surface area contributed by atoms with Crippen molar-refractivity contribution < 1.29 is 106 Å². The molecule has 0 spiro atoms. The Bertz CT molecular complexity index is 5530. The molecule has 122 heavy (non-hydrogen) atoms. The topological polar surface area (TPSA) is 295 Å². The maximum absolute atomic E-state index is 14.6. The van der Waals surface area contributed by atoms with E-state index in [9.17, 15) is 96.3 Å². The lowest BCUT2D eigenvalue weighted by Crippen LogP contribution is -2.28. The van der Waals surface area contributed by atoms with Crippen LogP contribution < -0.4 is 11.5 Å². The number of carbonyl (C=O) groups excluding carboxylic acids is 2. The number of sulfone groups is 4. The van der Waals surface area contributed by atoms with Crippen LogP contribution in [0.1, 0.15) is 159 Å². The van der Waals surface area contributed by atoms with Crippen molar-refractivity contribution in [3.63, 3.8) is 0 Å². The van der Waals surface area contributed by atoms with Gasteiger partial charge in [0.1, 0.15) is 85.6 Å². The fourth-order valence-corrected chi connectivity index (χ4v) is 15.1. The molecular formula is C88H101Br2F11N4O13S4. The highest BCUT2D eigenvalue weighted by Crippen LogP contribution is 2.35. The van der Waals surface area contributed by atoms with E-state index >= 15 is 0 Å². The van der Waals surface area contributed by atoms with Gasteiger partial charge >= 0.3 is 24.3 Å². The number of alkyl halides is 6. The summed E-state index contributed by atoms with van der Waals surface area (Å²) in [7, 11) is -12.5. The number of pyridine rings is 2. The Kier molecular flexibility index (Phi) is 41.6. The summed E-state index contributed by atoms with van der Waals surface area (Å²) in [4.78, 5) is 43.2. The predicted octanol–water partition coefficient (Wildman–Crippen LogP) is 19.3. The Hall–Kier alpha value is -8.64. The zero-order valence-electron chi connectivity index (χ0n) is 69.2. The molecule has 0 saturated carbocycles. The van der Waals surface area contributed by atoms with Gasteiger partial charge in [0.2, 0.25) is 0 Å². The van der Waals surface area contributed by atoms with Crippen LogP contribution in [0.25, 0.3) is 22.5 Å². The third-order valence-electron chi connectivity index (χ3n) is 19.3. The molecule has 2 unspecified atom stereocenters. The van der Waals surface area contributed by atoms with E-state index in [4.69, 9.17) is 21.3 Å². The number of ketones is 1. The number of hydrogen-bond donors (Lipinski definition) is 3. The van der Waals surface area contributed by atoms with Gasteiger partial charge in [0.05, 0.1) is 52.3 Å². The second-order valence-electron chi connectivity index (χ2n) is 28.6. The molecule has 5 N–H and O–H groups in total. The van der Waals surface area contributed by atoms with E-state index in [1.807, 2.05) is 26.0 Å². The van der Waals surface area contributed by atoms with E-state index in [1.165, 1.54) is 87.5 Å². The van der Waals surface area contributed by atoms with E-state index in [0.29, 0.717) is 65.8 Å². The van der Waals surface area contributed by atoms with Crippen molar-refractivity contribution in [1.29, 1.82) is 0 Å². The van der Waals surface area contributed by atoms with Crippen LogP contribution in [0.5, 0.6) is 0 Å². The standard InChI is InChI=1S/C28H29F4NO3S.C15H21FO4S.C14H13F3N2.C14H19FO4S.C10H12BrFO2S.C7H7BrFN/c1-4-37(35,36)15-14-20-8-9-22(17-24(20)29)19(3)25(34)12-10-21-11-13-26(28(30,31)32)33-27(21)23-7-5-6-18(2)16-23;1-4-20-15(17)11(3)13-7-6-12(14(16)10-13)8-9-21(18,19)5-2;1-9-3-2-4-10(7-9)13-11(8-18)5-6-12(19-13)14(15,16)17;1-4-20(18,19)8-7-10-5-6-11(9-12(10)15)14(2,3)13(16)17;1-2-15(13,14)6-5-8-3-4-9(11)7-10(8)12;8-6-2-1-5(4-10)7(9)3-6/h5-9,11,13,16-17,19H,4,10,12,14-15H2,1-3H3;6-7,10-11H,4-5,8-9H2,1-3H3;2-7H,8,18H2,1H3;5-6,9H,4,7-8H2,1-3H3,(H,16,17);3-4,7H,2,5-6H2,1H3;1-3H,4,10H2. The summed E-state index contributed by atoms with van der Waals surface area (Å²) in [5.74, 6) is -5.26. The Morgan fingerprint density at radius 2 is 0.770 bits per heavy atom. The van der Waals surface area contributed by atoms with Gasteiger partial charge in [0.25, 0.3) is 0 Å². The highest BCUT2D eigenvalue weighted by molar-refractivity contribution is 9.10. The maximum Gasteiger partial charge on any atom is 0.433 e. The number of Topliss-reactive ketones (excluding diaryl/α,β-unsaturated/α-hetero) is 1. The molecule has 666 valence electrons. The summed E-state index contributed by atoms with van der Waals surface area (Å²) in [5.41, 5.74) is 15.5. The van der Waals surface area contributed by atoms with Gasteiger partial charge in [0.15, 0.2) is 0 Å². The van der Waals surface area contributed by atoms with E-state index < -0.39 is 110 Å². The minimum absolute atomic E-state index is 0.00204. The minimum atomic E-state index is -4.60. The number of aromatic nitrogens is 2. The monoisotopic (exact) mass is 1920 g/mol. The summed E-state index contributed by atoms with van der Waals surface area (Å²) >= 11 is 6.29. The van der Waals surface area contributed by atoms with Crippen LogP contribution in [0.15, 0.2) is 173 Å². The number of nitrogens with two attached hydrogens (primary N) is 2. The molecule has 0 bridgehead atoms. The average molecular weight is 1920 g/mol. The third-order valence-corrected chi connectivity index (χ3v) is 27.1. The van der Waals surface area contributed by atoms with Crippen LogP contribution in [0.2, 0.25) is 0 Å². The number of esters is 1. The van der Waals surface area contributed by atoms with E-state index in [-0.39, 0.29) is 138 Å². The zero-order chi connectivity index (χ0) is 92.1. The van der Waals surface area contributed by atoms with Crippen molar-refractivity contribution >= 4 is 88.9 Å². The molecule has 17 nitrogen and oxygen atoms in total. The van der Waals surface area contributed by atoms with Crippen molar-refractivity contribution in [2.75, 3.05) is 52.6 Å². The second-order valence-corrected chi connectivity index (χ2v) is 40.3. The van der Waals surface area contributed by atoms with Gasteiger partial charge in [0, 0.05) is 74.1 Å². The van der Waals surface area contributed by atoms with Gasteiger partial charge in [-0.25, -0.2) is 65.6 Å². The fraction of sp³-hybridized carbons (Fsp3) is 0.375. The van der Waals surface area contributed by atoms with Crippen molar-refractivity contribution in [2.24, 2.45) is 11.5 Å². The smallest absolute Gasteiger partial charge is 0.433 e. The molecule has 0 fully saturated rings. The molecule has 9 rings (SSSR count). The summed E-state index contributed by atoms with van der Waals surface area (Å²) in [6.07, 6.45) is -8.34. The summed E-state index contributed by atoms with van der Waals surface area (Å²) < 4.78 is 244. The van der Waals surface area contributed by atoms with Gasteiger partial charge in [-0.05, 0) is 190 Å². The van der Waals surface area contributed by atoms with Gasteiger partial charge in [-0.2, -0.15) is 26.3 Å². The molecule has 2 heterocycles. The SMILES string of the molecule is CCOC(=O)C(C)c1ccc(CCS(=O)(=O)CC)c(F)c1.CCS(=O)(=O)CCc1ccc(Br)cc1F.CCS(=O)(=O)CCc1ccc(C(C)(C)C(=O)O)cc1F.CCS(=O)(=O)CCc1ccc(C(C)C(=O)CCc2ccc(C(F)(F)F)nc2-c2cccc(C)c2)cc1F.Cc1cccc(-c2nc(C(F)(F)F)ccc2CN)c1.NCc1ccc(Br)cc1F. The first-order chi connectivity index (χ1) is 56.8. The number of aliphatic carboxylic acids is 1. The molecular weight excluding hydrogens is 1820 g/mol. The number of carbonyl (C=O) groups is 3. The number of hydrogen-bond acceptors (Lipinski definition) is 16. The van der Waals surface area contributed by atoms with Crippen LogP contribution >= 0.6 is 31.9 Å². The normalized spacial score (nSPS) is 12.2. The number of aryl methyl sites for hydroxylation is 7. The van der Waals surface area contributed by atoms with Gasteiger partial charge in [-0.3, -0.25) is 14.4 Å². The van der Waals surface area contributed by atoms with Crippen molar-refractivity contribution in [2.45, 2.75) is 157 Å². The molecule has 2 atom stereocenters. The number of benzene rings is 7. The van der Waals surface area contributed by atoms with Gasteiger partial charge in [-0.15, -0.1) is 0 Å². The number of ether oxygens (including phenoxy) is 1. The summed E-state index contributed by atoms with van der Waals surface area (Å²) in [6, 6.07) is 41.2. The largest absolute Gasteiger partial charge is 0.481 e. The molecule has 2 aromatic heterocycles. The number of carboxylic acids is 1. The molecule has 0 radical (unpaired) electrons. The Labute approximate surface area is 724 Å². The lowest BCUT2D eigenvalue weighted by molar-refractivity contribution is -0.145. The minimum Gasteiger partial charge on any atom is -0.481 e. The predicted molar refractivity (Wildman–Crippen MR) is 462 cm³/mol. The first kappa shape index (κ1) is 106. The average Bonchev–Trinajstić information content (AvgIpc) is 0.813. The van der Waals surface area contributed by atoms with Crippen LogP contribution in [0.3, 0.4) is 0 Å². The Balaban J connectivity index is 0.000000322. The van der Waals surface area contributed by atoms with Crippen LogP contribution in [0, 0.1) is 42.9 Å². The molecule has 0 aliphatic carbocycles. The van der Waals surface area contributed by atoms with E-state index in [2.05, 4.69) is 41.8 Å². The van der Waals surface area contributed by atoms with E-state index in [1.54, 1.807) is 114 Å². The molecule has 34 heteroatoms. The van der Waals surface area contributed by atoms with Crippen LogP contribution in [-0.4, -0.2) is 119 Å². The lowest BCUT2D eigenvalue weighted by atomic mass is 9.84. The quantitative estimate of drug-likeness (QED) is 0.0278. The first-order valence-corrected chi connectivity index (χ1v) is 47.3. The van der Waals surface area contributed by atoms with Crippen molar-refractivity contribution in [3.8, 4) is 22.5 Å². The number of rotatable bonds is 30. The van der Waals surface area contributed by atoms with Crippen LogP contribution in [-0.2, 0) is 121 Å². The molecule has 7 aromatic carbocycles. The van der Waals surface area contributed by atoms with E-state index in [0.717, 1.165) is 27.7 Å². The lowest BCUT2D eigenvalue weighted by Gasteiger charge is -2.20. The second kappa shape index (κ2) is 48.0. The molecule has 0 aliphatic heterocycles. The fourth-order valence-electron chi connectivity index (χ4n) is 11.2. The number of nitrogens with zero attached hydrogens (tertiary/aromatic N) is 2. The Morgan fingerprint density at radius 1 is 0.434 bits per heavy atom. The maximum atomic E-state index is 14.6. The number of carboxylic acid groups (broad SMARTS) is 1. The molecule has 9 aromatic rings. The van der Waals surface area contributed by atoms with Crippen molar-refractivity contribution in [3.05, 3.63) is 280 Å². The highest BCUT2D eigenvalue weighted by atomic mass is 79.9. The van der Waals surface area contributed by atoms with Gasteiger partial charge < -0.3 is 21.3 Å². The first-order valence-electron chi connectivity index (χ1n) is 38.5. The summed E-state index contributed by atoms with van der Waals surface area (Å²) in [6.45, 7) is 18.6. The zero-order valence-corrected chi connectivity index (χ0v) is 75.6. The Morgan fingerprint density at radius 3 is 1.11 bits per heavy atom. The third kappa shape index (κ3) is 34.5. The highest BCUT2D eigenvalue weighted by Gasteiger charge is 2.35. The van der Waals surface area contributed by atoms with Crippen molar-refractivity contribution in [1.82, 2.24) is 9.97 Å². The summed E-state index contributed by atoms with van der Waals surface area (Å²) in [5, 5.41) is 9.10. The number of halogens is 13. The molecule has 0 aliphatic rings. The molecule has 0 amide bonds. The van der Waals surface area contributed by atoms with Gasteiger partial charge in [-0.1, -0.05) is 175 Å². The van der Waals surface area contributed by atoms with Crippen LogP contribution in [0.4, 0.5) is 48.3 Å². The molecule has 0 saturated heterocycles.